The van der Waals surface area contributed by atoms with E-state index in [9.17, 15) is 19.2 Å². The number of morpholine rings is 1. The van der Waals surface area contributed by atoms with Crippen LogP contribution in [0.2, 0.25) is 0 Å². The topological polar surface area (TPSA) is 96.0 Å². The van der Waals surface area contributed by atoms with Crippen LogP contribution in [0.25, 0.3) is 0 Å². The second-order valence-electron chi connectivity index (χ2n) is 10.2. The quantitative estimate of drug-likeness (QED) is 0.461. The Morgan fingerprint density at radius 1 is 1.00 bits per heavy atom. The minimum absolute atomic E-state index is 0.0430. The number of ether oxygens (including phenoxy) is 1. The van der Waals surface area contributed by atoms with Gasteiger partial charge in [-0.25, -0.2) is 0 Å². The minimum atomic E-state index is -0.534. The Hall–Kier alpha value is -3.36. The average molecular weight is 504 g/mol. The van der Waals surface area contributed by atoms with Crippen molar-refractivity contribution in [3.05, 3.63) is 70.3 Å². The summed E-state index contributed by atoms with van der Waals surface area (Å²) in [5.74, 6) is -0.422. The Bertz CT molecular complexity index is 1200. The van der Waals surface area contributed by atoms with E-state index in [1.165, 1.54) is 5.56 Å². The van der Waals surface area contributed by atoms with Crippen LogP contribution < -0.4 is 5.32 Å². The molecule has 194 valence electrons. The zero-order chi connectivity index (χ0) is 25.8. The lowest BCUT2D eigenvalue weighted by molar-refractivity contribution is -0.128. The Morgan fingerprint density at radius 2 is 1.81 bits per heavy atom. The van der Waals surface area contributed by atoms with Crippen molar-refractivity contribution in [3.8, 4) is 0 Å². The fraction of sp³-hybridized carbons (Fsp3) is 0.448. The molecule has 0 bridgehead atoms. The van der Waals surface area contributed by atoms with E-state index in [-0.39, 0.29) is 29.8 Å². The van der Waals surface area contributed by atoms with E-state index >= 15 is 0 Å². The van der Waals surface area contributed by atoms with Gasteiger partial charge in [0.05, 0.1) is 32.1 Å². The molecule has 0 spiro atoms. The van der Waals surface area contributed by atoms with E-state index in [4.69, 9.17) is 4.74 Å². The summed E-state index contributed by atoms with van der Waals surface area (Å²) in [4.78, 5) is 53.9. The number of hydrogen-bond donors (Lipinski definition) is 1. The van der Waals surface area contributed by atoms with Crippen LogP contribution in [0.4, 0.5) is 0 Å². The number of benzene rings is 2. The van der Waals surface area contributed by atoms with Crippen LogP contribution in [0.3, 0.4) is 0 Å². The monoisotopic (exact) mass is 503 g/mol. The molecule has 37 heavy (non-hydrogen) atoms. The van der Waals surface area contributed by atoms with E-state index < -0.39 is 6.04 Å². The highest BCUT2D eigenvalue weighted by atomic mass is 16.5. The SMILES string of the molecule is O=C1CCCC(N2Cc3cc(CNC(=O)Cc4cccc(CN5CCOCC5)c4)ccc3C2=O)C(=O)C1. The van der Waals surface area contributed by atoms with Gasteiger partial charge in [0.1, 0.15) is 5.78 Å². The van der Waals surface area contributed by atoms with E-state index in [0.29, 0.717) is 44.3 Å². The molecule has 5 rings (SSSR count). The van der Waals surface area contributed by atoms with E-state index in [1.807, 2.05) is 24.3 Å². The molecule has 2 aliphatic heterocycles. The highest BCUT2D eigenvalue weighted by molar-refractivity contribution is 6.06. The first-order valence-electron chi connectivity index (χ1n) is 13.1. The second-order valence-corrected chi connectivity index (χ2v) is 10.2. The van der Waals surface area contributed by atoms with Crippen LogP contribution in [0.15, 0.2) is 42.5 Å². The van der Waals surface area contributed by atoms with Gasteiger partial charge in [0, 0.05) is 44.7 Å². The van der Waals surface area contributed by atoms with Crippen molar-refractivity contribution in [2.24, 2.45) is 0 Å². The summed E-state index contributed by atoms with van der Waals surface area (Å²) >= 11 is 0. The smallest absolute Gasteiger partial charge is 0.255 e. The molecule has 0 aromatic heterocycles. The summed E-state index contributed by atoms with van der Waals surface area (Å²) in [5.41, 5.74) is 4.53. The van der Waals surface area contributed by atoms with Crippen molar-refractivity contribution in [1.29, 1.82) is 0 Å². The van der Waals surface area contributed by atoms with Crippen molar-refractivity contribution in [3.63, 3.8) is 0 Å². The number of carbonyl (C=O) groups excluding carboxylic acids is 4. The lowest BCUT2D eigenvalue weighted by atomic mass is 10.1. The molecule has 1 saturated carbocycles. The van der Waals surface area contributed by atoms with Crippen molar-refractivity contribution in [2.45, 2.75) is 57.8 Å². The Morgan fingerprint density at radius 3 is 2.65 bits per heavy atom. The van der Waals surface area contributed by atoms with Gasteiger partial charge in [-0.1, -0.05) is 36.4 Å². The van der Waals surface area contributed by atoms with Crippen LogP contribution in [0.1, 0.15) is 58.3 Å². The number of amides is 2. The number of nitrogens with one attached hydrogen (secondary N) is 1. The maximum absolute atomic E-state index is 13.0. The summed E-state index contributed by atoms with van der Waals surface area (Å²) in [5, 5.41) is 2.99. The molecule has 2 amide bonds. The van der Waals surface area contributed by atoms with Crippen LogP contribution in [-0.4, -0.2) is 65.5 Å². The molecule has 1 saturated heterocycles. The van der Waals surface area contributed by atoms with Gasteiger partial charge in [0.15, 0.2) is 5.78 Å². The van der Waals surface area contributed by atoms with Crippen molar-refractivity contribution in [2.75, 3.05) is 26.3 Å². The molecule has 0 radical (unpaired) electrons. The highest BCUT2D eigenvalue weighted by Crippen LogP contribution is 2.29. The third-order valence-corrected chi connectivity index (χ3v) is 7.41. The largest absolute Gasteiger partial charge is 0.379 e. The normalized spacial score (nSPS) is 20.6. The van der Waals surface area contributed by atoms with Gasteiger partial charge in [-0.3, -0.25) is 24.1 Å². The third-order valence-electron chi connectivity index (χ3n) is 7.41. The molecular weight excluding hydrogens is 470 g/mol. The maximum atomic E-state index is 13.0. The second kappa shape index (κ2) is 11.4. The number of carbonyl (C=O) groups is 4. The van der Waals surface area contributed by atoms with Crippen LogP contribution in [0, 0.1) is 0 Å². The number of Topliss-reactive ketones (excluding diaryl/α,β-unsaturated/α-hetero) is 2. The molecule has 1 aliphatic carbocycles. The summed E-state index contributed by atoms with van der Waals surface area (Å²) in [6.07, 6.45) is 1.78. The first kappa shape index (κ1) is 25.3. The zero-order valence-electron chi connectivity index (χ0n) is 21.0. The standard InChI is InChI=1S/C29H33N3O5/c33-24-5-2-6-26(27(34)16-24)32-19-23-14-21(7-8-25(23)29(32)36)17-30-28(35)15-20-3-1-4-22(13-20)18-31-9-11-37-12-10-31/h1,3-4,7-8,13-14,26H,2,5-6,9-12,15-19H2,(H,30,35). The van der Waals surface area contributed by atoms with E-state index in [1.54, 1.807) is 11.0 Å². The molecular formula is C29H33N3O5. The number of hydrogen-bond acceptors (Lipinski definition) is 6. The zero-order valence-corrected chi connectivity index (χ0v) is 21.0. The van der Waals surface area contributed by atoms with Gasteiger partial charge in [-0.15, -0.1) is 0 Å². The first-order valence-corrected chi connectivity index (χ1v) is 13.1. The lowest BCUT2D eigenvalue weighted by Crippen LogP contribution is -2.41. The molecule has 2 aromatic rings. The molecule has 1 N–H and O–H groups in total. The maximum Gasteiger partial charge on any atom is 0.255 e. The van der Waals surface area contributed by atoms with Crippen molar-refractivity contribution < 1.29 is 23.9 Å². The van der Waals surface area contributed by atoms with Gasteiger partial charge in [-0.2, -0.15) is 0 Å². The van der Waals surface area contributed by atoms with Gasteiger partial charge >= 0.3 is 0 Å². The summed E-state index contributed by atoms with van der Waals surface area (Å²) in [7, 11) is 0. The molecule has 3 aliphatic rings. The van der Waals surface area contributed by atoms with Crippen molar-refractivity contribution in [1.82, 2.24) is 15.1 Å². The number of rotatable bonds is 7. The Balaban J connectivity index is 1.16. The molecule has 2 aromatic carbocycles. The van der Waals surface area contributed by atoms with Crippen molar-refractivity contribution >= 4 is 23.4 Å². The van der Waals surface area contributed by atoms with Gasteiger partial charge < -0.3 is 15.0 Å². The number of nitrogens with zero attached hydrogens (tertiary/aromatic N) is 2. The highest BCUT2D eigenvalue weighted by Gasteiger charge is 2.37. The third kappa shape index (κ3) is 6.14. The predicted octanol–water partition coefficient (Wildman–Crippen LogP) is 2.41. The molecule has 8 heteroatoms. The molecule has 8 nitrogen and oxygen atoms in total. The minimum Gasteiger partial charge on any atom is -0.379 e. The lowest BCUT2D eigenvalue weighted by Gasteiger charge is -2.26. The molecule has 1 atom stereocenters. The van der Waals surface area contributed by atoms with Gasteiger partial charge in [0.25, 0.3) is 5.91 Å². The van der Waals surface area contributed by atoms with E-state index in [2.05, 4.69) is 22.3 Å². The summed E-state index contributed by atoms with van der Waals surface area (Å²) in [6.45, 7) is 4.94. The Labute approximate surface area is 217 Å². The molecule has 1 unspecified atom stereocenters. The van der Waals surface area contributed by atoms with Gasteiger partial charge in [-0.05, 0) is 41.2 Å². The summed E-state index contributed by atoms with van der Waals surface area (Å²) < 4.78 is 5.41. The average Bonchev–Trinajstić information content (AvgIpc) is 3.10. The van der Waals surface area contributed by atoms with Crippen LogP contribution in [0.5, 0.6) is 0 Å². The number of fused-ring (bicyclic) bond motifs is 1. The molecule has 2 heterocycles. The van der Waals surface area contributed by atoms with E-state index in [0.717, 1.165) is 49.5 Å². The Kier molecular flexibility index (Phi) is 7.76. The first-order chi connectivity index (χ1) is 18.0. The fourth-order valence-electron chi connectivity index (χ4n) is 5.45. The van der Waals surface area contributed by atoms with Gasteiger partial charge in [0.2, 0.25) is 5.91 Å². The summed E-state index contributed by atoms with van der Waals surface area (Å²) in [6, 6.07) is 13.2. The van der Waals surface area contributed by atoms with Crippen LogP contribution >= 0.6 is 0 Å². The van der Waals surface area contributed by atoms with Crippen LogP contribution in [-0.2, 0) is 45.2 Å². The fourth-order valence-corrected chi connectivity index (χ4v) is 5.45. The molecule has 2 fully saturated rings. The predicted molar refractivity (Wildman–Crippen MR) is 137 cm³/mol. The number of ketones is 2.